The minimum Gasteiger partial charge on any atom is -0.310 e. The fourth-order valence-corrected chi connectivity index (χ4v) is 2.67. The minimum atomic E-state index is 0.550. The molecule has 0 spiro atoms. The van der Waals surface area contributed by atoms with Gasteiger partial charge in [-0.15, -0.1) is 11.8 Å². The van der Waals surface area contributed by atoms with Crippen molar-refractivity contribution in [2.24, 2.45) is 0 Å². The number of nitrogens with one attached hydrogen (secondary N) is 1. The molecule has 0 aliphatic carbocycles. The molecular weight excluding hydrogens is 226 g/mol. The second kappa shape index (κ2) is 7.78. The summed E-state index contributed by atoms with van der Waals surface area (Å²) in [6.45, 7) is 9.85. The summed E-state index contributed by atoms with van der Waals surface area (Å²) in [5.74, 6) is 0. The molecule has 0 unspecified atom stereocenters. The van der Waals surface area contributed by atoms with Crippen LogP contribution in [0.3, 0.4) is 0 Å². The molecule has 0 aliphatic heterocycles. The first-order valence-corrected chi connectivity index (χ1v) is 7.52. The molecule has 0 bridgehead atoms. The van der Waals surface area contributed by atoms with Gasteiger partial charge in [0.25, 0.3) is 0 Å². The van der Waals surface area contributed by atoms with E-state index < -0.39 is 0 Å². The minimum absolute atomic E-state index is 0.550. The molecule has 1 rings (SSSR count). The Kier molecular flexibility index (Phi) is 6.68. The lowest BCUT2D eigenvalue weighted by Gasteiger charge is -2.12. The van der Waals surface area contributed by atoms with Crippen molar-refractivity contribution in [1.29, 1.82) is 0 Å². The summed E-state index contributed by atoms with van der Waals surface area (Å²) in [5, 5.41) is 4.20. The van der Waals surface area contributed by atoms with Crippen molar-refractivity contribution in [2.75, 3.05) is 0 Å². The number of hydrogen-bond acceptors (Lipinski definition) is 2. The predicted molar refractivity (Wildman–Crippen MR) is 78.6 cm³/mol. The molecule has 0 aliphatic rings. The van der Waals surface area contributed by atoms with Gasteiger partial charge in [0, 0.05) is 22.7 Å². The maximum absolute atomic E-state index is 3.44. The maximum atomic E-state index is 3.44. The van der Waals surface area contributed by atoms with Crippen LogP contribution in [0.4, 0.5) is 0 Å². The lowest BCUT2D eigenvalue weighted by Crippen LogP contribution is -2.21. The van der Waals surface area contributed by atoms with Crippen LogP contribution >= 0.6 is 11.8 Å². The summed E-state index contributed by atoms with van der Waals surface area (Å²) >= 11 is 2.00. The summed E-state index contributed by atoms with van der Waals surface area (Å²) in [4.78, 5) is 1.40. The smallest absolute Gasteiger partial charge is 0.0207 e. The quantitative estimate of drug-likeness (QED) is 0.718. The molecule has 1 nitrogen and oxygen atoms in total. The van der Waals surface area contributed by atoms with E-state index >= 15 is 0 Å². The summed E-state index contributed by atoms with van der Waals surface area (Å²) in [7, 11) is 0. The highest BCUT2D eigenvalue weighted by molar-refractivity contribution is 8.00. The Morgan fingerprint density at radius 2 is 1.65 bits per heavy atom. The number of hydrogen-bond donors (Lipinski definition) is 1. The zero-order chi connectivity index (χ0) is 12.7. The van der Waals surface area contributed by atoms with Gasteiger partial charge in [-0.3, -0.25) is 0 Å². The van der Waals surface area contributed by atoms with E-state index in [4.69, 9.17) is 0 Å². The third-order valence-electron chi connectivity index (χ3n) is 2.85. The number of rotatable bonds is 7. The molecule has 1 N–H and O–H groups in total. The Morgan fingerprint density at radius 3 is 2.12 bits per heavy atom. The molecule has 0 saturated carbocycles. The van der Waals surface area contributed by atoms with Gasteiger partial charge < -0.3 is 5.32 Å². The maximum Gasteiger partial charge on any atom is 0.0207 e. The van der Waals surface area contributed by atoms with Crippen molar-refractivity contribution in [1.82, 2.24) is 5.32 Å². The predicted octanol–water partition coefficient (Wildman–Crippen LogP) is 4.47. The van der Waals surface area contributed by atoms with Crippen LogP contribution in [0.2, 0.25) is 0 Å². The van der Waals surface area contributed by atoms with E-state index in [1.54, 1.807) is 0 Å². The molecule has 0 aromatic heterocycles. The highest BCUT2D eigenvalue weighted by atomic mass is 32.2. The average molecular weight is 251 g/mol. The first-order valence-electron chi connectivity index (χ1n) is 6.64. The molecular formula is C15H25NS. The molecule has 2 heteroatoms. The van der Waals surface area contributed by atoms with Crippen LogP contribution in [0.25, 0.3) is 0 Å². The standard InChI is InChI=1S/C15H25NS/c1-5-14(6-2)17-15-9-7-13(8-10-15)11-16-12(3)4/h7-10,12,14,16H,5-6,11H2,1-4H3. The van der Waals surface area contributed by atoms with Crippen LogP contribution < -0.4 is 5.32 Å². The Hall–Kier alpha value is -0.470. The molecule has 96 valence electrons. The van der Waals surface area contributed by atoms with E-state index in [2.05, 4.69) is 57.3 Å². The van der Waals surface area contributed by atoms with Crippen LogP contribution in [-0.4, -0.2) is 11.3 Å². The van der Waals surface area contributed by atoms with E-state index in [1.165, 1.54) is 23.3 Å². The van der Waals surface area contributed by atoms with Gasteiger partial charge in [0.1, 0.15) is 0 Å². The number of benzene rings is 1. The highest BCUT2D eigenvalue weighted by Gasteiger charge is 2.05. The van der Waals surface area contributed by atoms with Gasteiger partial charge in [0.2, 0.25) is 0 Å². The third-order valence-corrected chi connectivity index (χ3v) is 4.40. The van der Waals surface area contributed by atoms with Crippen molar-refractivity contribution >= 4 is 11.8 Å². The summed E-state index contributed by atoms with van der Waals surface area (Å²) in [6, 6.07) is 9.52. The monoisotopic (exact) mass is 251 g/mol. The third kappa shape index (κ3) is 5.60. The van der Waals surface area contributed by atoms with Gasteiger partial charge in [-0.1, -0.05) is 39.8 Å². The summed E-state index contributed by atoms with van der Waals surface area (Å²) in [5.41, 5.74) is 1.37. The lowest BCUT2D eigenvalue weighted by molar-refractivity contribution is 0.588. The second-order valence-corrected chi connectivity index (χ2v) is 6.11. The molecule has 0 amide bonds. The normalized spacial score (nSPS) is 11.4. The molecule has 0 fully saturated rings. The van der Waals surface area contributed by atoms with Gasteiger partial charge in [-0.2, -0.15) is 0 Å². The highest BCUT2D eigenvalue weighted by Crippen LogP contribution is 2.27. The first kappa shape index (κ1) is 14.6. The van der Waals surface area contributed by atoms with E-state index in [0.717, 1.165) is 11.8 Å². The van der Waals surface area contributed by atoms with Gasteiger partial charge in [-0.25, -0.2) is 0 Å². The fourth-order valence-electron chi connectivity index (χ4n) is 1.66. The molecule has 1 aromatic rings. The summed E-state index contributed by atoms with van der Waals surface area (Å²) < 4.78 is 0. The Bertz CT molecular complexity index is 301. The van der Waals surface area contributed by atoms with Crippen molar-refractivity contribution in [2.45, 2.75) is 63.3 Å². The first-order chi connectivity index (χ1) is 8.15. The van der Waals surface area contributed by atoms with Crippen molar-refractivity contribution in [3.8, 4) is 0 Å². The van der Waals surface area contributed by atoms with E-state index in [9.17, 15) is 0 Å². The van der Waals surface area contributed by atoms with Crippen LogP contribution in [0.1, 0.15) is 46.1 Å². The molecule has 0 saturated heterocycles. The second-order valence-electron chi connectivity index (χ2n) is 4.74. The van der Waals surface area contributed by atoms with Gasteiger partial charge in [-0.05, 0) is 30.5 Å². The number of thioether (sulfide) groups is 1. The molecule has 0 heterocycles. The van der Waals surface area contributed by atoms with E-state index in [-0.39, 0.29) is 0 Å². The zero-order valence-electron chi connectivity index (χ0n) is 11.5. The van der Waals surface area contributed by atoms with Crippen LogP contribution in [0, 0.1) is 0 Å². The van der Waals surface area contributed by atoms with Gasteiger partial charge >= 0.3 is 0 Å². The Labute approximate surface area is 110 Å². The van der Waals surface area contributed by atoms with Crippen molar-refractivity contribution < 1.29 is 0 Å². The Balaban J connectivity index is 2.49. The molecule has 17 heavy (non-hydrogen) atoms. The van der Waals surface area contributed by atoms with Crippen LogP contribution in [0.5, 0.6) is 0 Å². The zero-order valence-corrected chi connectivity index (χ0v) is 12.3. The van der Waals surface area contributed by atoms with Crippen LogP contribution in [-0.2, 0) is 6.54 Å². The average Bonchev–Trinajstić information content (AvgIpc) is 2.34. The Morgan fingerprint density at radius 1 is 1.06 bits per heavy atom. The molecule has 0 radical (unpaired) electrons. The van der Waals surface area contributed by atoms with Gasteiger partial charge in [0.15, 0.2) is 0 Å². The molecule has 1 aromatic carbocycles. The van der Waals surface area contributed by atoms with Crippen LogP contribution in [0.15, 0.2) is 29.2 Å². The SMILES string of the molecule is CCC(CC)Sc1ccc(CNC(C)C)cc1. The topological polar surface area (TPSA) is 12.0 Å². The molecule has 0 atom stereocenters. The summed E-state index contributed by atoms with van der Waals surface area (Å²) in [6.07, 6.45) is 2.50. The van der Waals surface area contributed by atoms with E-state index in [0.29, 0.717) is 6.04 Å². The fraction of sp³-hybridized carbons (Fsp3) is 0.600. The van der Waals surface area contributed by atoms with Crippen molar-refractivity contribution in [3.05, 3.63) is 29.8 Å². The largest absolute Gasteiger partial charge is 0.310 e. The van der Waals surface area contributed by atoms with E-state index in [1.807, 2.05) is 11.8 Å². The van der Waals surface area contributed by atoms with Crippen molar-refractivity contribution in [3.63, 3.8) is 0 Å². The lowest BCUT2D eigenvalue weighted by atomic mass is 10.2. The van der Waals surface area contributed by atoms with Gasteiger partial charge in [0.05, 0.1) is 0 Å².